The normalized spacial score (nSPS) is 21.5. The molecule has 1 saturated heterocycles. The van der Waals surface area contributed by atoms with Crippen molar-refractivity contribution in [3.8, 4) is 5.75 Å². The van der Waals surface area contributed by atoms with E-state index in [2.05, 4.69) is 50.5 Å². The quantitative estimate of drug-likeness (QED) is 0.620. The van der Waals surface area contributed by atoms with Crippen molar-refractivity contribution in [2.45, 2.75) is 51.7 Å². The van der Waals surface area contributed by atoms with Crippen LogP contribution in [-0.2, 0) is 4.74 Å². The van der Waals surface area contributed by atoms with Crippen molar-refractivity contribution >= 4 is 22.3 Å². The molecule has 1 aliphatic heterocycles. The number of hydrogen-bond acceptors (Lipinski definition) is 6. The zero-order valence-electron chi connectivity index (χ0n) is 19.0. The number of benzene rings is 1. The maximum absolute atomic E-state index is 6.58. The Balaban J connectivity index is 1.27. The van der Waals surface area contributed by atoms with E-state index in [4.69, 9.17) is 9.47 Å². The van der Waals surface area contributed by atoms with E-state index < -0.39 is 0 Å². The summed E-state index contributed by atoms with van der Waals surface area (Å²) in [7, 11) is 0. The Hall–Kier alpha value is -2.86. The van der Waals surface area contributed by atoms with Crippen LogP contribution in [0, 0.1) is 13.8 Å². The van der Waals surface area contributed by atoms with Gasteiger partial charge in [-0.2, -0.15) is 0 Å². The highest BCUT2D eigenvalue weighted by atomic mass is 16.5. The van der Waals surface area contributed by atoms with Gasteiger partial charge in [-0.15, -0.1) is 0 Å². The molecule has 1 aliphatic carbocycles. The van der Waals surface area contributed by atoms with Crippen molar-refractivity contribution in [3.05, 3.63) is 54.0 Å². The largest absolute Gasteiger partial charge is 0.488 e. The van der Waals surface area contributed by atoms with Crippen LogP contribution in [0.5, 0.6) is 5.75 Å². The Labute approximate surface area is 190 Å². The van der Waals surface area contributed by atoms with Crippen molar-refractivity contribution in [2.24, 2.45) is 0 Å². The topological polar surface area (TPSA) is 59.5 Å². The Morgan fingerprint density at radius 3 is 2.50 bits per heavy atom. The molecule has 32 heavy (non-hydrogen) atoms. The van der Waals surface area contributed by atoms with Gasteiger partial charge < -0.3 is 19.7 Å². The van der Waals surface area contributed by atoms with Gasteiger partial charge in [0, 0.05) is 59.5 Å². The molecule has 0 spiro atoms. The van der Waals surface area contributed by atoms with Gasteiger partial charge in [0.25, 0.3) is 0 Å². The summed E-state index contributed by atoms with van der Waals surface area (Å²) in [5.74, 6) is 0.904. The van der Waals surface area contributed by atoms with Gasteiger partial charge in [0.05, 0.1) is 19.3 Å². The standard InChI is InChI=1S/C26H32N4O2/c1-18-14-22(15-19(2)28-18)29-21-5-7-24(8-6-21)32-25-17-23(30-10-12-31-13-11-30)16-20-4-3-9-27-26(20)25/h3-4,9,14-17,21,24H,5-8,10-13H2,1-2H3,(H,28,29)/t21-,24+. The summed E-state index contributed by atoms with van der Waals surface area (Å²) in [6.07, 6.45) is 6.34. The molecule has 6 heteroatoms. The summed E-state index contributed by atoms with van der Waals surface area (Å²) in [6, 6.07) is 13.3. The highest BCUT2D eigenvalue weighted by Gasteiger charge is 2.24. The lowest BCUT2D eigenvalue weighted by Gasteiger charge is -2.32. The predicted octanol–water partition coefficient (Wildman–Crippen LogP) is 4.89. The lowest BCUT2D eigenvalue weighted by Crippen LogP contribution is -2.36. The summed E-state index contributed by atoms with van der Waals surface area (Å²) in [5, 5.41) is 4.83. The van der Waals surface area contributed by atoms with Gasteiger partial charge in [0.1, 0.15) is 11.3 Å². The molecule has 5 rings (SSSR count). The number of anilines is 2. The third-order valence-corrected chi connectivity index (χ3v) is 6.45. The number of ether oxygens (including phenoxy) is 2. The summed E-state index contributed by atoms with van der Waals surface area (Å²) < 4.78 is 12.1. The molecule has 2 aromatic heterocycles. The molecular weight excluding hydrogens is 400 g/mol. The minimum Gasteiger partial charge on any atom is -0.488 e. The highest BCUT2D eigenvalue weighted by molar-refractivity contribution is 5.88. The van der Waals surface area contributed by atoms with Crippen LogP contribution >= 0.6 is 0 Å². The minimum atomic E-state index is 0.221. The van der Waals surface area contributed by atoms with Crippen LogP contribution in [0.3, 0.4) is 0 Å². The molecule has 168 valence electrons. The smallest absolute Gasteiger partial charge is 0.147 e. The SMILES string of the molecule is Cc1cc(N[C@H]2CC[C@@H](Oc3cc(N4CCOCC4)cc4cccnc34)CC2)cc(C)n1. The van der Waals surface area contributed by atoms with Gasteiger partial charge in [-0.3, -0.25) is 9.97 Å². The Bertz CT molecular complexity index is 1050. The van der Waals surface area contributed by atoms with Crippen LogP contribution in [0.4, 0.5) is 11.4 Å². The number of aromatic nitrogens is 2. The second-order valence-electron chi connectivity index (χ2n) is 8.99. The van der Waals surface area contributed by atoms with Gasteiger partial charge in [0.2, 0.25) is 0 Å². The van der Waals surface area contributed by atoms with E-state index in [9.17, 15) is 0 Å². The maximum atomic E-state index is 6.58. The summed E-state index contributed by atoms with van der Waals surface area (Å²) >= 11 is 0. The molecule has 0 amide bonds. The fraction of sp³-hybridized carbons (Fsp3) is 0.462. The van der Waals surface area contributed by atoms with Crippen LogP contribution in [0.15, 0.2) is 42.6 Å². The van der Waals surface area contributed by atoms with E-state index in [1.807, 2.05) is 26.1 Å². The summed E-state index contributed by atoms with van der Waals surface area (Å²) in [5.41, 5.74) is 5.44. The second-order valence-corrected chi connectivity index (χ2v) is 8.99. The van der Waals surface area contributed by atoms with Crippen LogP contribution < -0.4 is 15.0 Å². The third-order valence-electron chi connectivity index (χ3n) is 6.45. The lowest BCUT2D eigenvalue weighted by atomic mass is 9.92. The molecule has 3 heterocycles. The van der Waals surface area contributed by atoms with Crippen molar-refractivity contribution in [2.75, 3.05) is 36.5 Å². The van der Waals surface area contributed by atoms with E-state index in [-0.39, 0.29) is 6.10 Å². The van der Waals surface area contributed by atoms with E-state index in [1.165, 1.54) is 11.4 Å². The summed E-state index contributed by atoms with van der Waals surface area (Å²) in [4.78, 5) is 11.5. The molecular formula is C26H32N4O2. The highest BCUT2D eigenvalue weighted by Crippen LogP contribution is 2.34. The van der Waals surface area contributed by atoms with Crippen molar-refractivity contribution in [1.29, 1.82) is 0 Å². The van der Waals surface area contributed by atoms with Crippen LogP contribution in [0.25, 0.3) is 10.9 Å². The number of fused-ring (bicyclic) bond motifs is 1. The number of morpholine rings is 1. The molecule has 1 N–H and O–H groups in total. The number of rotatable bonds is 5. The average Bonchev–Trinajstić information content (AvgIpc) is 2.80. The fourth-order valence-corrected chi connectivity index (χ4v) is 4.90. The van der Waals surface area contributed by atoms with E-state index in [0.717, 1.165) is 80.0 Å². The van der Waals surface area contributed by atoms with Gasteiger partial charge in [-0.05, 0) is 63.8 Å². The number of nitrogens with zero attached hydrogens (tertiary/aromatic N) is 3. The first kappa shape index (κ1) is 21.0. The average molecular weight is 433 g/mol. The molecule has 0 unspecified atom stereocenters. The Morgan fingerprint density at radius 1 is 1.00 bits per heavy atom. The van der Waals surface area contributed by atoms with Crippen LogP contribution in [0.1, 0.15) is 37.1 Å². The van der Waals surface area contributed by atoms with Gasteiger partial charge in [0.15, 0.2) is 0 Å². The third kappa shape index (κ3) is 4.80. The molecule has 2 aliphatic rings. The molecule has 6 nitrogen and oxygen atoms in total. The van der Waals surface area contributed by atoms with Crippen LogP contribution in [0.2, 0.25) is 0 Å². The monoisotopic (exact) mass is 432 g/mol. The molecule has 0 bridgehead atoms. The number of pyridine rings is 2. The zero-order valence-corrected chi connectivity index (χ0v) is 19.0. The van der Waals surface area contributed by atoms with Gasteiger partial charge in [-0.25, -0.2) is 0 Å². The van der Waals surface area contributed by atoms with E-state index in [0.29, 0.717) is 6.04 Å². The van der Waals surface area contributed by atoms with Gasteiger partial charge >= 0.3 is 0 Å². The Kier molecular flexibility index (Phi) is 6.12. The van der Waals surface area contributed by atoms with E-state index >= 15 is 0 Å². The predicted molar refractivity (Wildman–Crippen MR) is 129 cm³/mol. The minimum absolute atomic E-state index is 0.221. The number of hydrogen-bond donors (Lipinski definition) is 1. The lowest BCUT2D eigenvalue weighted by molar-refractivity contribution is 0.122. The van der Waals surface area contributed by atoms with Crippen LogP contribution in [-0.4, -0.2) is 48.4 Å². The molecule has 1 saturated carbocycles. The van der Waals surface area contributed by atoms with Crippen molar-refractivity contribution < 1.29 is 9.47 Å². The fourth-order valence-electron chi connectivity index (χ4n) is 4.90. The zero-order chi connectivity index (χ0) is 21.9. The van der Waals surface area contributed by atoms with Crippen molar-refractivity contribution in [1.82, 2.24) is 9.97 Å². The molecule has 3 aromatic rings. The summed E-state index contributed by atoms with van der Waals surface area (Å²) in [6.45, 7) is 7.47. The molecule has 0 radical (unpaired) electrons. The molecule has 2 fully saturated rings. The van der Waals surface area contributed by atoms with Crippen molar-refractivity contribution in [3.63, 3.8) is 0 Å². The van der Waals surface area contributed by atoms with E-state index in [1.54, 1.807) is 0 Å². The first-order valence-electron chi connectivity index (χ1n) is 11.7. The Morgan fingerprint density at radius 2 is 1.75 bits per heavy atom. The first-order chi connectivity index (χ1) is 15.6. The second kappa shape index (κ2) is 9.33. The van der Waals surface area contributed by atoms with Gasteiger partial charge in [-0.1, -0.05) is 6.07 Å². The molecule has 1 aromatic carbocycles. The first-order valence-corrected chi connectivity index (χ1v) is 11.7. The molecule has 0 atom stereocenters. The number of nitrogens with one attached hydrogen (secondary N) is 1. The number of aryl methyl sites for hydroxylation is 2. The maximum Gasteiger partial charge on any atom is 0.147 e.